The summed E-state index contributed by atoms with van der Waals surface area (Å²) in [5, 5.41) is 2.44. The zero-order chi connectivity index (χ0) is 18.0. The van der Waals surface area contributed by atoms with Gasteiger partial charge in [-0.05, 0) is 35.6 Å². The summed E-state index contributed by atoms with van der Waals surface area (Å²) in [5.74, 6) is -0.752. The third kappa shape index (κ3) is 3.87. The van der Waals surface area contributed by atoms with Gasteiger partial charge in [-0.3, -0.25) is 9.69 Å². The van der Waals surface area contributed by atoms with Gasteiger partial charge in [0.15, 0.2) is 0 Å². The fraction of sp³-hybridized carbons (Fsp3) is 0.300. The molecule has 0 saturated heterocycles. The van der Waals surface area contributed by atoms with Crippen LogP contribution in [0.5, 0.6) is 0 Å². The minimum atomic E-state index is -0.769. The molecule has 1 atom stereocenters. The lowest BCUT2D eigenvalue weighted by atomic mass is 9.92. The van der Waals surface area contributed by atoms with Gasteiger partial charge in [0.2, 0.25) is 5.91 Å². The summed E-state index contributed by atoms with van der Waals surface area (Å²) in [6.45, 7) is 5.31. The predicted molar refractivity (Wildman–Crippen MR) is 93.9 cm³/mol. The van der Waals surface area contributed by atoms with Crippen LogP contribution in [-0.4, -0.2) is 23.4 Å². The number of fused-ring (bicyclic) bond motifs is 1. The Morgan fingerprint density at radius 3 is 2.36 bits per heavy atom. The van der Waals surface area contributed by atoms with Crippen molar-refractivity contribution < 1.29 is 13.6 Å². The molecule has 0 aliphatic carbocycles. The summed E-state index contributed by atoms with van der Waals surface area (Å²) in [5.41, 5.74) is 1.90. The van der Waals surface area contributed by atoms with Crippen molar-refractivity contribution in [3.63, 3.8) is 0 Å². The van der Waals surface area contributed by atoms with Crippen LogP contribution in [0.4, 0.5) is 14.5 Å². The van der Waals surface area contributed by atoms with Gasteiger partial charge in [0.05, 0.1) is 6.04 Å². The Bertz CT molecular complexity index is 756. The molecule has 2 aromatic carbocycles. The molecule has 0 saturated carbocycles. The molecular formula is C20H21F2N2O. The third-order valence-corrected chi connectivity index (χ3v) is 4.38. The van der Waals surface area contributed by atoms with E-state index in [0.29, 0.717) is 19.5 Å². The number of amides is 1. The number of benzene rings is 2. The first kappa shape index (κ1) is 17.5. The van der Waals surface area contributed by atoms with E-state index in [1.165, 1.54) is 17.5 Å². The molecular weight excluding hydrogens is 322 g/mol. The molecule has 131 valence electrons. The maximum atomic E-state index is 13.9. The molecule has 3 rings (SSSR count). The molecule has 1 amide bonds. The van der Waals surface area contributed by atoms with E-state index in [4.69, 9.17) is 0 Å². The molecule has 1 aliphatic rings. The molecule has 1 aliphatic heterocycles. The van der Waals surface area contributed by atoms with Crippen LogP contribution < -0.4 is 5.32 Å². The first-order chi connectivity index (χ1) is 12.0. The van der Waals surface area contributed by atoms with Gasteiger partial charge >= 0.3 is 0 Å². The molecule has 2 aromatic rings. The topological polar surface area (TPSA) is 32.3 Å². The minimum Gasteiger partial charge on any atom is -0.320 e. The van der Waals surface area contributed by atoms with E-state index in [0.717, 1.165) is 17.7 Å². The molecule has 0 unspecified atom stereocenters. The summed E-state index contributed by atoms with van der Waals surface area (Å²) in [6.07, 6.45) is 0.519. The zero-order valence-electron chi connectivity index (χ0n) is 14.4. The van der Waals surface area contributed by atoms with E-state index in [1.807, 2.05) is 36.9 Å². The van der Waals surface area contributed by atoms with E-state index in [-0.39, 0.29) is 11.6 Å². The molecule has 1 N–H and O–H groups in total. The first-order valence-corrected chi connectivity index (χ1v) is 8.30. The SMILES string of the molecule is C[C](C)CN1Cc2ccccc2C[C@H]1C(=O)Nc1c(F)cccc1F. The molecule has 3 nitrogen and oxygen atoms in total. The summed E-state index contributed by atoms with van der Waals surface area (Å²) >= 11 is 0. The molecule has 0 bridgehead atoms. The van der Waals surface area contributed by atoms with Crippen LogP contribution in [0.2, 0.25) is 0 Å². The van der Waals surface area contributed by atoms with Crippen LogP contribution in [0, 0.1) is 17.6 Å². The van der Waals surface area contributed by atoms with Crippen LogP contribution in [-0.2, 0) is 17.8 Å². The normalized spacial score (nSPS) is 17.4. The van der Waals surface area contributed by atoms with Crippen molar-refractivity contribution in [2.24, 2.45) is 0 Å². The first-order valence-electron chi connectivity index (χ1n) is 8.30. The van der Waals surface area contributed by atoms with Crippen molar-refractivity contribution in [1.82, 2.24) is 4.90 Å². The highest BCUT2D eigenvalue weighted by atomic mass is 19.1. The van der Waals surface area contributed by atoms with Gasteiger partial charge in [-0.15, -0.1) is 0 Å². The van der Waals surface area contributed by atoms with Crippen LogP contribution in [0.1, 0.15) is 25.0 Å². The predicted octanol–water partition coefficient (Wildman–Crippen LogP) is 3.94. The molecule has 25 heavy (non-hydrogen) atoms. The number of nitrogens with zero attached hydrogens (tertiary/aromatic N) is 1. The van der Waals surface area contributed by atoms with E-state index in [2.05, 4.69) is 11.4 Å². The number of halogens is 2. The summed E-state index contributed by atoms with van der Waals surface area (Å²) in [6, 6.07) is 11.1. The Balaban J connectivity index is 1.86. The minimum absolute atomic E-state index is 0.386. The van der Waals surface area contributed by atoms with Gasteiger partial charge in [0, 0.05) is 13.1 Å². The second-order valence-electron chi connectivity index (χ2n) is 6.69. The van der Waals surface area contributed by atoms with Gasteiger partial charge in [-0.1, -0.05) is 44.2 Å². The summed E-state index contributed by atoms with van der Waals surface area (Å²) in [4.78, 5) is 14.8. The van der Waals surface area contributed by atoms with Crippen molar-refractivity contribution in [2.75, 3.05) is 11.9 Å². The van der Waals surface area contributed by atoms with E-state index >= 15 is 0 Å². The number of anilines is 1. The third-order valence-electron chi connectivity index (χ3n) is 4.38. The molecule has 5 heteroatoms. The van der Waals surface area contributed by atoms with Gasteiger partial charge in [-0.2, -0.15) is 0 Å². The maximum absolute atomic E-state index is 13.9. The highest BCUT2D eigenvalue weighted by Crippen LogP contribution is 2.26. The van der Waals surface area contributed by atoms with Crippen LogP contribution in [0.15, 0.2) is 42.5 Å². The Hall–Kier alpha value is -2.27. The van der Waals surface area contributed by atoms with E-state index in [9.17, 15) is 13.6 Å². The van der Waals surface area contributed by atoms with Gasteiger partial charge in [0.25, 0.3) is 0 Å². The summed E-state index contributed by atoms with van der Waals surface area (Å²) in [7, 11) is 0. The quantitative estimate of drug-likeness (QED) is 0.912. The number of carbonyl (C=O) groups excluding carboxylic acids is 1. The molecule has 1 radical (unpaired) electrons. The van der Waals surface area contributed by atoms with Crippen molar-refractivity contribution >= 4 is 11.6 Å². The standard InChI is InChI=1S/C20H21F2N2O/c1-13(2)11-24-12-15-7-4-3-6-14(15)10-18(24)20(25)23-19-16(21)8-5-9-17(19)22/h3-9,18H,10-12H2,1-2H3,(H,23,25)/t18-/m0/s1. The second-order valence-corrected chi connectivity index (χ2v) is 6.69. The molecule has 1 heterocycles. The Morgan fingerprint density at radius 2 is 1.72 bits per heavy atom. The Morgan fingerprint density at radius 1 is 1.08 bits per heavy atom. The highest BCUT2D eigenvalue weighted by molar-refractivity contribution is 5.95. The Kier molecular flexibility index (Phi) is 5.13. The molecule has 0 spiro atoms. The second kappa shape index (κ2) is 7.31. The lowest BCUT2D eigenvalue weighted by Gasteiger charge is -2.36. The van der Waals surface area contributed by atoms with Gasteiger partial charge in [0.1, 0.15) is 17.3 Å². The van der Waals surface area contributed by atoms with Crippen LogP contribution in [0.3, 0.4) is 0 Å². The van der Waals surface area contributed by atoms with Gasteiger partial charge in [-0.25, -0.2) is 8.78 Å². The molecule has 0 aromatic heterocycles. The fourth-order valence-electron chi connectivity index (χ4n) is 3.23. The summed E-state index contributed by atoms with van der Waals surface area (Å²) < 4.78 is 27.7. The number of carbonyl (C=O) groups is 1. The number of nitrogens with one attached hydrogen (secondary N) is 1. The highest BCUT2D eigenvalue weighted by Gasteiger charge is 2.32. The van der Waals surface area contributed by atoms with Gasteiger partial charge < -0.3 is 5.32 Å². The molecule has 0 fully saturated rings. The smallest absolute Gasteiger partial charge is 0.242 e. The average molecular weight is 343 g/mol. The number of hydrogen-bond donors (Lipinski definition) is 1. The number of para-hydroxylation sites is 1. The van der Waals surface area contributed by atoms with Crippen molar-refractivity contribution in [1.29, 1.82) is 0 Å². The number of hydrogen-bond acceptors (Lipinski definition) is 2. The monoisotopic (exact) mass is 343 g/mol. The Labute approximate surface area is 146 Å². The van der Waals surface area contributed by atoms with Crippen molar-refractivity contribution in [2.45, 2.75) is 32.9 Å². The lowest BCUT2D eigenvalue weighted by Crippen LogP contribution is -2.49. The van der Waals surface area contributed by atoms with Crippen LogP contribution >= 0.6 is 0 Å². The zero-order valence-corrected chi connectivity index (χ0v) is 14.4. The van der Waals surface area contributed by atoms with E-state index < -0.39 is 17.7 Å². The van der Waals surface area contributed by atoms with Crippen molar-refractivity contribution in [3.8, 4) is 0 Å². The largest absolute Gasteiger partial charge is 0.320 e. The fourth-order valence-corrected chi connectivity index (χ4v) is 3.23. The number of rotatable bonds is 4. The van der Waals surface area contributed by atoms with E-state index in [1.54, 1.807) is 0 Å². The van der Waals surface area contributed by atoms with Crippen molar-refractivity contribution in [3.05, 3.63) is 71.1 Å². The lowest BCUT2D eigenvalue weighted by molar-refractivity contribution is -0.121. The average Bonchev–Trinajstić information content (AvgIpc) is 2.57. The van der Waals surface area contributed by atoms with Crippen LogP contribution in [0.25, 0.3) is 0 Å². The maximum Gasteiger partial charge on any atom is 0.242 e.